The molecule has 0 spiro atoms. The van der Waals surface area contributed by atoms with Gasteiger partial charge in [-0.15, -0.1) is 0 Å². The summed E-state index contributed by atoms with van der Waals surface area (Å²) in [6.45, 7) is 0. The Labute approximate surface area is 148 Å². The van der Waals surface area contributed by atoms with Gasteiger partial charge < -0.3 is 20.3 Å². The predicted molar refractivity (Wildman–Crippen MR) is 90.3 cm³/mol. The fraction of sp³-hybridized carbons (Fsp3) is 0.176. The van der Waals surface area contributed by atoms with Crippen LogP contribution >= 0.6 is 0 Å². The number of hydrogen-bond donors (Lipinski definition) is 2. The molecule has 136 valence electrons. The van der Waals surface area contributed by atoms with E-state index < -0.39 is 22.9 Å². The minimum absolute atomic E-state index is 0.0742. The monoisotopic (exact) mass is 360 g/mol. The SMILES string of the molecule is COC(=O)c1ccccc1Oc1ccc(CC(N)C(=O)O)cc1[N+](=O)[O-]. The van der Waals surface area contributed by atoms with E-state index in [2.05, 4.69) is 4.74 Å². The molecule has 0 radical (unpaired) electrons. The molecule has 2 aromatic carbocycles. The van der Waals surface area contributed by atoms with Crippen molar-refractivity contribution in [3.63, 3.8) is 0 Å². The Morgan fingerprint density at radius 2 is 1.92 bits per heavy atom. The summed E-state index contributed by atoms with van der Waals surface area (Å²) < 4.78 is 10.2. The second kappa shape index (κ2) is 8.08. The predicted octanol–water partition coefficient (Wildman–Crippen LogP) is 2.13. The summed E-state index contributed by atoms with van der Waals surface area (Å²) in [7, 11) is 1.21. The molecule has 0 bridgehead atoms. The third-order valence-corrected chi connectivity index (χ3v) is 3.51. The number of methoxy groups -OCH3 is 1. The van der Waals surface area contributed by atoms with E-state index in [1.807, 2.05) is 0 Å². The number of carboxylic acids is 1. The molecule has 3 N–H and O–H groups in total. The zero-order valence-electron chi connectivity index (χ0n) is 13.7. The van der Waals surface area contributed by atoms with E-state index >= 15 is 0 Å². The molecular formula is C17H16N2O7. The molecule has 0 fully saturated rings. The summed E-state index contributed by atoms with van der Waals surface area (Å²) in [4.78, 5) is 33.3. The van der Waals surface area contributed by atoms with Crippen molar-refractivity contribution in [3.8, 4) is 11.5 Å². The third kappa shape index (κ3) is 4.33. The van der Waals surface area contributed by atoms with E-state index in [1.54, 1.807) is 12.1 Å². The van der Waals surface area contributed by atoms with E-state index in [1.165, 1.54) is 37.4 Å². The first-order valence-corrected chi connectivity index (χ1v) is 7.44. The van der Waals surface area contributed by atoms with Crippen LogP contribution < -0.4 is 10.5 Å². The highest BCUT2D eigenvalue weighted by molar-refractivity contribution is 5.92. The smallest absolute Gasteiger partial charge is 0.341 e. The maximum atomic E-state index is 11.8. The zero-order chi connectivity index (χ0) is 19.3. The fourth-order valence-electron chi connectivity index (χ4n) is 2.21. The number of nitrogens with two attached hydrogens (primary N) is 1. The number of benzene rings is 2. The number of nitrogens with zero attached hydrogens (tertiary/aromatic N) is 1. The molecular weight excluding hydrogens is 344 g/mol. The second-order valence-corrected chi connectivity index (χ2v) is 5.30. The number of rotatable bonds is 7. The zero-order valence-corrected chi connectivity index (χ0v) is 13.7. The van der Waals surface area contributed by atoms with E-state index in [-0.39, 0.29) is 29.2 Å². The second-order valence-electron chi connectivity index (χ2n) is 5.30. The first kappa shape index (κ1) is 18.9. The van der Waals surface area contributed by atoms with E-state index in [4.69, 9.17) is 15.6 Å². The molecule has 0 amide bonds. The number of ether oxygens (including phenoxy) is 2. The number of nitro groups is 1. The van der Waals surface area contributed by atoms with Gasteiger partial charge in [0.2, 0.25) is 5.75 Å². The Morgan fingerprint density at radius 1 is 1.23 bits per heavy atom. The molecule has 0 aliphatic carbocycles. The normalized spacial score (nSPS) is 11.5. The minimum atomic E-state index is -1.21. The van der Waals surface area contributed by atoms with Crippen molar-refractivity contribution in [2.45, 2.75) is 12.5 Å². The van der Waals surface area contributed by atoms with Crippen LogP contribution in [0.4, 0.5) is 5.69 Å². The van der Waals surface area contributed by atoms with Crippen molar-refractivity contribution in [1.82, 2.24) is 0 Å². The highest BCUT2D eigenvalue weighted by Crippen LogP contribution is 2.34. The molecule has 0 aromatic heterocycles. The van der Waals surface area contributed by atoms with E-state index in [0.29, 0.717) is 5.56 Å². The molecule has 0 aliphatic rings. The summed E-state index contributed by atoms with van der Waals surface area (Å²) in [5.41, 5.74) is 5.57. The van der Waals surface area contributed by atoms with Gasteiger partial charge in [0.15, 0.2) is 0 Å². The summed E-state index contributed by atoms with van der Waals surface area (Å²) in [6.07, 6.45) is -0.0742. The Kier molecular flexibility index (Phi) is 5.86. The molecule has 2 rings (SSSR count). The highest BCUT2D eigenvalue weighted by atomic mass is 16.6. The molecule has 0 saturated heterocycles. The maximum absolute atomic E-state index is 11.8. The fourth-order valence-corrected chi connectivity index (χ4v) is 2.21. The number of hydrogen-bond acceptors (Lipinski definition) is 7. The topological polar surface area (TPSA) is 142 Å². The number of aliphatic carboxylic acids is 1. The van der Waals surface area contributed by atoms with Crippen LogP contribution in [0.5, 0.6) is 11.5 Å². The van der Waals surface area contributed by atoms with Gasteiger partial charge in [0, 0.05) is 6.07 Å². The van der Waals surface area contributed by atoms with Gasteiger partial charge in [0.25, 0.3) is 0 Å². The number of carbonyl (C=O) groups is 2. The lowest BCUT2D eigenvalue weighted by Crippen LogP contribution is -2.32. The molecule has 26 heavy (non-hydrogen) atoms. The number of carbonyl (C=O) groups excluding carboxylic acids is 1. The first-order valence-electron chi connectivity index (χ1n) is 7.44. The van der Waals surface area contributed by atoms with Crippen molar-refractivity contribution in [2.24, 2.45) is 5.73 Å². The Morgan fingerprint density at radius 3 is 2.54 bits per heavy atom. The Hall–Kier alpha value is -3.46. The summed E-state index contributed by atoms with van der Waals surface area (Å²) in [5.74, 6) is -1.86. The van der Waals surface area contributed by atoms with Gasteiger partial charge >= 0.3 is 17.6 Å². The first-order chi connectivity index (χ1) is 12.3. The number of esters is 1. The average molecular weight is 360 g/mol. The van der Waals surface area contributed by atoms with Crippen LogP contribution in [0.3, 0.4) is 0 Å². The molecule has 9 heteroatoms. The lowest BCUT2D eigenvalue weighted by atomic mass is 10.1. The maximum Gasteiger partial charge on any atom is 0.341 e. The van der Waals surface area contributed by atoms with Gasteiger partial charge in [-0.2, -0.15) is 0 Å². The molecule has 1 unspecified atom stereocenters. The summed E-state index contributed by atoms with van der Waals surface area (Å²) in [5, 5.41) is 20.2. The molecule has 2 aromatic rings. The molecule has 9 nitrogen and oxygen atoms in total. The van der Waals surface area contributed by atoms with Gasteiger partial charge in [-0.25, -0.2) is 4.79 Å². The van der Waals surface area contributed by atoms with Gasteiger partial charge in [-0.05, 0) is 30.2 Å². The number of carboxylic acid groups (broad SMARTS) is 1. The van der Waals surface area contributed by atoms with Gasteiger partial charge in [-0.3, -0.25) is 14.9 Å². The van der Waals surface area contributed by atoms with Gasteiger partial charge in [0.1, 0.15) is 17.4 Å². The average Bonchev–Trinajstić information content (AvgIpc) is 2.62. The summed E-state index contributed by atoms with van der Waals surface area (Å²) >= 11 is 0. The standard InChI is InChI=1S/C17H16N2O7/c1-25-17(22)11-4-2-3-5-14(11)26-15-7-6-10(8-12(18)16(20)21)9-13(15)19(23)24/h2-7,9,12H,8,18H2,1H3,(H,20,21). The van der Waals surface area contributed by atoms with Crippen molar-refractivity contribution in [2.75, 3.05) is 7.11 Å². The van der Waals surface area contributed by atoms with Crippen molar-refractivity contribution < 1.29 is 29.1 Å². The Bertz CT molecular complexity index is 851. The van der Waals surface area contributed by atoms with Crippen LogP contribution in [0.2, 0.25) is 0 Å². The summed E-state index contributed by atoms with van der Waals surface area (Å²) in [6, 6.07) is 8.97. The van der Waals surface area contributed by atoms with Crippen LogP contribution in [-0.4, -0.2) is 35.1 Å². The number of nitro benzene ring substituents is 1. The van der Waals surface area contributed by atoms with Crippen molar-refractivity contribution in [3.05, 3.63) is 63.7 Å². The van der Waals surface area contributed by atoms with Crippen LogP contribution in [0.1, 0.15) is 15.9 Å². The van der Waals surface area contributed by atoms with Gasteiger partial charge in [0.05, 0.1) is 12.0 Å². The largest absolute Gasteiger partial charge is 0.480 e. The van der Waals surface area contributed by atoms with E-state index in [9.17, 15) is 19.7 Å². The van der Waals surface area contributed by atoms with Gasteiger partial charge in [-0.1, -0.05) is 18.2 Å². The molecule has 1 atom stereocenters. The molecule has 0 saturated carbocycles. The van der Waals surface area contributed by atoms with Crippen LogP contribution in [-0.2, 0) is 16.0 Å². The Balaban J connectivity index is 2.37. The lowest BCUT2D eigenvalue weighted by Gasteiger charge is -2.11. The molecule has 0 heterocycles. The van der Waals surface area contributed by atoms with Crippen LogP contribution in [0, 0.1) is 10.1 Å². The quantitative estimate of drug-likeness (QED) is 0.434. The van der Waals surface area contributed by atoms with Crippen LogP contribution in [0.25, 0.3) is 0 Å². The van der Waals surface area contributed by atoms with Crippen molar-refractivity contribution in [1.29, 1.82) is 0 Å². The highest BCUT2D eigenvalue weighted by Gasteiger charge is 2.21. The van der Waals surface area contributed by atoms with Crippen LogP contribution in [0.15, 0.2) is 42.5 Å². The third-order valence-electron chi connectivity index (χ3n) is 3.51. The molecule has 0 aliphatic heterocycles. The van der Waals surface area contributed by atoms with Crippen molar-refractivity contribution >= 4 is 17.6 Å². The minimum Gasteiger partial charge on any atom is -0.480 e. The lowest BCUT2D eigenvalue weighted by molar-refractivity contribution is -0.385. The van der Waals surface area contributed by atoms with E-state index in [0.717, 1.165) is 0 Å². The number of para-hydroxylation sites is 1.